The molecule has 2 atom stereocenters. The van der Waals surface area contributed by atoms with Gasteiger partial charge in [-0.2, -0.15) is 9.61 Å². The van der Waals surface area contributed by atoms with Crippen molar-refractivity contribution in [3.63, 3.8) is 0 Å². The molecule has 3 aromatic rings. The number of aliphatic hydroxyl groups excluding tert-OH is 1. The Kier molecular flexibility index (Phi) is 5.84. The summed E-state index contributed by atoms with van der Waals surface area (Å²) in [6.07, 6.45) is 10.1. The molecule has 0 radical (unpaired) electrons. The minimum Gasteiger partial charge on any atom is -0.391 e. The van der Waals surface area contributed by atoms with Crippen LogP contribution >= 0.6 is 0 Å². The molecule has 0 aliphatic heterocycles. The lowest BCUT2D eigenvalue weighted by Gasteiger charge is -2.29. The number of aliphatic hydroxyl groups is 1. The Morgan fingerprint density at radius 1 is 1.11 bits per heavy atom. The zero-order valence-corrected chi connectivity index (χ0v) is 20.3. The monoisotopic (exact) mass is 474 g/mol. The maximum absolute atomic E-state index is 12.6. The van der Waals surface area contributed by atoms with Crippen LogP contribution < -0.4 is 16.0 Å². The Hall–Kier alpha value is -3.13. The Morgan fingerprint density at radius 2 is 1.94 bits per heavy atom. The first-order chi connectivity index (χ1) is 17.0. The normalized spacial score (nSPS) is 22.2. The molecule has 0 spiro atoms. The summed E-state index contributed by atoms with van der Waals surface area (Å²) < 4.78 is 1.86. The largest absolute Gasteiger partial charge is 0.391 e. The zero-order valence-electron chi connectivity index (χ0n) is 20.3. The third kappa shape index (κ3) is 4.85. The molecule has 6 rings (SSSR count). The Bertz CT molecular complexity index is 1250. The molecular weight excluding hydrogens is 440 g/mol. The van der Waals surface area contributed by atoms with Crippen molar-refractivity contribution in [1.29, 1.82) is 0 Å². The van der Waals surface area contributed by atoms with E-state index in [0.29, 0.717) is 11.6 Å². The van der Waals surface area contributed by atoms with Crippen molar-refractivity contribution in [1.82, 2.24) is 19.9 Å². The molecule has 8 heteroatoms. The van der Waals surface area contributed by atoms with Gasteiger partial charge in [-0.15, -0.1) is 0 Å². The van der Waals surface area contributed by atoms with Gasteiger partial charge >= 0.3 is 0 Å². The van der Waals surface area contributed by atoms with E-state index in [1.165, 1.54) is 12.8 Å². The molecule has 3 aliphatic rings. The summed E-state index contributed by atoms with van der Waals surface area (Å²) in [7, 11) is 0. The van der Waals surface area contributed by atoms with Crippen LogP contribution in [-0.2, 0) is 0 Å². The number of aryl methyl sites for hydroxylation is 1. The van der Waals surface area contributed by atoms with E-state index in [-0.39, 0.29) is 18.1 Å². The summed E-state index contributed by atoms with van der Waals surface area (Å²) in [6.45, 7) is 2.90. The van der Waals surface area contributed by atoms with E-state index >= 15 is 0 Å². The van der Waals surface area contributed by atoms with Crippen molar-refractivity contribution >= 4 is 23.2 Å². The number of anilines is 2. The fourth-order valence-electron chi connectivity index (χ4n) is 4.98. The number of carbonyl (C=O) groups excluding carboxylic acids is 1. The number of benzene rings is 1. The lowest BCUT2D eigenvalue weighted by molar-refractivity contribution is 0.0950. The zero-order chi connectivity index (χ0) is 23.9. The summed E-state index contributed by atoms with van der Waals surface area (Å²) in [5.41, 5.74) is 4.31. The number of hydrogen-bond acceptors (Lipinski definition) is 6. The number of fused-ring (bicyclic) bond motifs is 1. The molecule has 3 saturated carbocycles. The minimum absolute atomic E-state index is 0.00127. The molecule has 8 nitrogen and oxygen atoms in total. The molecule has 3 aliphatic carbocycles. The lowest BCUT2D eigenvalue weighted by Crippen LogP contribution is -2.36. The summed E-state index contributed by atoms with van der Waals surface area (Å²) in [4.78, 5) is 17.5. The third-order valence-electron chi connectivity index (χ3n) is 7.50. The highest BCUT2D eigenvalue weighted by Gasteiger charge is 2.26. The van der Waals surface area contributed by atoms with Crippen LogP contribution in [0.5, 0.6) is 0 Å². The van der Waals surface area contributed by atoms with E-state index in [2.05, 4.69) is 21.0 Å². The number of amides is 1. The SMILES string of the molecule is Cc1cc(-c2cnn3c(NCC4CC4)cc(N[C@H]4CCCCC4O)nc23)ccc1C(=O)NC1CC1. The van der Waals surface area contributed by atoms with Crippen LogP contribution in [-0.4, -0.2) is 50.3 Å². The summed E-state index contributed by atoms with van der Waals surface area (Å²) in [5, 5.41) is 25.3. The fourth-order valence-corrected chi connectivity index (χ4v) is 4.98. The van der Waals surface area contributed by atoms with Crippen molar-refractivity contribution in [3.8, 4) is 11.1 Å². The number of carbonyl (C=O) groups is 1. The second kappa shape index (κ2) is 9.15. The summed E-state index contributed by atoms with van der Waals surface area (Å²) >= 11 is 0. The van der Waals surface area contributed by atoms with E-state index in [0.717, 1.165) is 85.0 Å². The standard InChI is InChI=1S/C27H34N6O2/c1-16-12-18(8-11-20(16)27(35)30-19-9-10-19)21-15-29-33-25(28-14-17-6-7-17)13-24(32-26(21)33)31-22-4-2-3-5-23(22)34/h8,11-13,15,17,19,22-23,28,34H,2-7,9-10,14H2,1H3,(H,30,35)(H,31,32)/t22-,23?/m0/s1. The maximum atomic E-state index is 12.6. The smallest absolute Gasteiger partial charge is 0.251 e. The Balaban J connectivity index is 1.34. The molecule has 3 fully saturated rings. The Morgan fingerprint density at radius 3 is 2.69 bits per heavy atom. The molecule has 1 aromatic carbocycles. The van der Waals surface area contributed by atoms with Gasteiger partial charge in [0.05, 0.1) is 18.3 Å². The van der Waals surface area contributed by atoms with Gasteiger partial charge in [0.1, 0.15) is 11.6 Å². The van der Waals surface area contributed by atoms with Crippen LogP contribution in [0.3, 0.4) is 0 Å². The van der Waals surface area contributed by atoms with Crippen LogP contribution in [0.1, 0.15) is 67.3 Å². The lowest BCUT2D eigenvalue weighted by atomic mass is 9.92. The quantitative estimate of drug-likeness (QED) is 0.391. The van der Waals surface area contributed by atoms with Gasteiger partial charge in [0.15, 0.2) is 5.65 Å². The topological polar surface area (TPSA) is 104 Å². The van der Waals surface area contributed by atoms with Gasteiger partial charge in [-0.1, -0.05) is 25.0 Å². The predicted molar refractivity (Wildman–Crippen MR) is 137 cm³/mol. The van der Waals surface area contributed by atoms with Crippen molar-refractivity contribution in [2.75, 3.05) is 17.2 Å². The molecule has 35 heavy (non-hydrogen) atoms. The van der Waals surface area contributed by atoms with Crippen molar-refractivity contribution < 1.29 is 9.90 Å². The van der Waals surface area contributed by atoms with Gasteiger partial charge in [-0.05, 0) is 68.6 Å². The van der Waals surface area contributed by atoms with Gasteiger partial charge in [0, 0.05) is 29.8 Å². The second-order valence-electron chi connectivity index (χ2n) is 10.5. The highest BCUT2D eigenvalue weighted by atomic mass is 16.3. The van der Waals surface area contributed by atoms with E-state index in [1.54, 1.807) is 0 Å². The van der Waals surface area contributed by atoms with Crippen LogP contribution in [0.25, 0.3) is 16.8 Å². The first kappa shape index (κ1) is 22.3. The summed E-state index contributed by atoms with van der Waals surface area (Å²) in [5.74, 6) is 2.37. The average Bonchev–Trinajstić information content (AvgIpc) is 3.78. The third-order valence-corrected chi connectivity index (χ3v) is 7.50. The van der Waals surface area contributed by atoms with Crippen molar-refractivity contribution in [2.24, 2.45) is 5.92 Å². The van der Waals surface area contributed by atoms with Gasteiger partial charge < -0.3 is 21.1 Å². The van der Waals surface area contributed by atoms with Crippen LogP contribution in [0.4, 0.5) is 11.6 Å². The number of nitrogens with zero attached hydrogens (tertiary/aromatic N) is 3. The molecule has 2 aromatic heterocycles. The number of nitrogens with one attached hydrogen (secondary N) is 3. The van der Waals surface area contributed by atoms with Crippen LogP contribution in [0.2, 0.25) is 0 Å². The number of hydrogen-bond donors (Lipinski definition) is 4. The van der Waals surface area contributed by atoms with Gasteiger partial charge in [-0.3, -0.25) is 4.79 Å². The molecule has 184 valence electrons. The van der Waals surface area contributed by atoms with E-state index in [4.69, 9.17) is 4.98 Å². The molecule has 1 unspecified atom stereocenters. The van der Waals surface area contributed by atoms with Gasteiger partial charge in [0.2, 0.25) is 0 Å². The molecule has 0 saturated heterocycles. The molecule has 4 N–H and O–H groups in total. The van der Waals surface area contributed by atoms with Crippen LogP contribution in [0.15, 0.2) is 30.5 Å². The first-order valence-corrected chi connectivity index (χ1v) is 13.0. The highest BCUT2D eigenvalue weighted by molar-refractivity contribution is 5.97. The molecule has 2 heterocycles. The van der Waals surface area contributed by atoms with Crippen LogP contribution in [0, 0.1) is 12.8 Å². The minimum atomic E-state index is -0.356. The molecular formula is C27H34N6O2. The van der Waals surface area contributed by atoms with E-state index in [1.807, 2.05) is 41.9 Å². The number of rotatable bonds is 8. The first-order valence-electron chi connectivity index (χ1n) is 13.0. The molecule has 1 amide bonds. The average molecular weight is 475 g/mol. The fraction of sp³-hybridized carbons (Fsp3) is 0.519. The van der Waals surface area contributed by atoms with Crippen molar-refractivity contribution in [2.45, 2.75) is 76.5 Å². The maximum Gasteiger partial charge on any atom is 0.251 e. The van der Waals surface area contributed by atoms with E-state index in [9.17, 15) is 9.90 Å². The van der Waals surface area contributed by atoms with E-state index < -0.39 is 0 Å². The number of aromatic nitrogens is 3. The molecule has 0 bridgehead atoms. The highest BCUT2D eigenvalue weighted by Crippen LogP contribution is 2.32. The predicted octanol–water partition coefficient (Wildman–Crippen LogP) is 4.13. The van der Waals surface area contributed by atoms with Gasteiger partial charge in [0.25, 0.3) is 5.91 Å². The summed E-state index contributed by atoms with van der Waals surface area (Å²) in [6, 6.07) is 8.27. The van der Waals surface area contributed by atoms with Crippen molar-refractivity contribution in [3.05, 3.63) is 41.6 Å². The van der Waals surface area contributed by atoms with Gasteiger partial charge in [-0.25, -0.2) is 4.98 Å². The Labute approximate surface area is 205 Å². The second-order valence-corrected chi connectivity index (χ2v) is 10.5.